The number of benzene rings is 1. The number of nitrogens with one attached hydrogen (secondary N) is 2. The summed E-state index contributed by atoms with van der Waals surface area (Å²) < 4.78 is 28.7. The number of hydrogen-bond donors (Lipinski definition) is 2. The molecule has 6 nitrogen and oxygen atoms in total. The first-order valence-corrected chi connectivity index (χ1v) is 7.97. The standard InChI is InChI=1S/C13H16N4O2S/c18-20(19,16-7-9-17-8-1-5-15-17)12-3-2-11-4-6-14-13(11)10-12/h1-3,5,8,10,14,16H,4,6-7,9H2. The van der Waals surface area contributed by atoms with Crippen molar-refractivity contribution in [1.29, 1.82) is 0 Å². The van der Waals surface area contributed by atoms with Crippen LogP contribution < -0.4 is 10.0 Å². The maximum atomic E-state index is 12.2. The highest BCUT2D eigenvalue weighted by molar-refractivity contribution is 7.89. The Labute approximate surface area is 117 Å². The topological polar surface area (TPSA) is 76.0 Å². The second kappa shape index (κ2) is 5.26. The fourth-order valence-corrected chi connectivity index (χ4v) is 3.29. The van der Waals surface area contributed by atoms with E-state index in [1.807, 2.05) is 6.07 Å². The first-order valence-electron chi connectivity index (χ1n) is 6.49. The first-order chi connectivity index (χ1) is 9.65. The van der Waals surface area contributed by atoms with E-state index in [1.54, 1.807) is 35.3 Å². The Balaban J connectivity index is 1.68. The minimum Gasteiger partial charge on any atom is -0.384 e. The Hall–Kier alpha value is -1.86. The summed E-state index contributed by atoms with van der Waals surface area (Å²) in [7, 11) is -3.47. The van der Waals surface area contributed by atoms with Crippen LogP contribution in [0.3, 0.4) is 0 Å². The molecule has 0 atom stereocenters. The van der Waals surface area contributed by atoms with E-state index in [-0.39, 0.29) is 0 Å². The fourth-order valence-electron chi connectivity index (χ4n) is 2.25. The molecule has 2 aromatic rings. The van der Waals surface area contributed by atoms with Crippen molar-refractivity contribution in [2.75, 3.05) is 18.4 Å². The van der Waals surface area contributed by atoms with Crippen molar-refractivity contribution in [3.63, 3.8) is 0 Å². The third kappa shape index (κ3) is 2.68. The molecule has 0 aliphatic carbocycles. The van der Waals surface area contributed by atoms with Crippen LogP contribution in [0.5, 0.6) is 0 Å². The molecule has 0 unspecified atom stereocenters. The Bertz CT molecular complexity index is 695. The normalized spacial score (nSPS) is 14.0. The van der Waals surface area contributed by atoms with Crippen LogP contribution in [0.1, 0.15) is 5.56 Å². The fraction of sp³-hybridized carbons (Fsp3) is 0.308. The smallest absolute Gasteiger partial charge is 0.240 e. The number of aromatic nitrogens is 2. The van der Waals surface area contributed by atoms with E-state index in [4.69, 9.17) is 0 Å². The van der Waals surface area contributed by atoms with Gasteiger partial charge in [0.25, 0.3) is 0 Å². The van der Waals surface area contributed by atoms with Crippen LogP contribution in [-0.2, 0) is 23.0 Å². The molecule has 1 aromatic heterocycles. The maximum Gasteiger partial charge on any atom is 0.240 e. The molecule has 1 aromatic carbocycles. The lowest BCUT2D eigenvalue weighted by molar-refractivity contribution is 0.561. The van der Waals surface area contributed by atoms with Gasteiger partial charge in [-0.2, -0.15) is 5.10 Å². The molecular formula is C13H16N4O2S. The molecule has 7 heteroatoms. The van der Waals surface area contributed by atoms with E-state index < -0.39 is 10.0 Å². The van der Waals surface area contributed by atoms with Gasteiger partial charge in [-0.15, -0.1) is 0 Å². The van der Waals surface area contributed by atoms with Crippen LogP contribution in [0.2, 0.25) is 0 Å². The molecule has 20 heavy (non-hydrogen) atoms. The zero-order chi connectivity index (χ0) is 14.0. The molecule has 0 amide bonds. The van der Waals surface area contributed by atoms with Crippen LogP contribution in [0.25, 0.3) is 0 Å². The third-order valence-electron chi connectivity index (χ3n) is 3.29. The number of sulfonamides is 1. The van der Waals surface area contributed by atoms with E-state index >= 15 is 0 Å². The Morgan fingerprint density at radius 3 is 3.10 bits per heavy atom. The second-order valence-electron chi connectivity index (χ2n) is 4.66. The molecule has 0 spiro atoms. The quantitative estimate of drug-likeness (QED) is 0.856. The van der Waals surface area contributed by atoms with E-state index in [9.17, 15) is 8.42 Å². The Morgan fingerprint density at radius 2 is 2.30 bits per heavy atom. The SMILES string of the molecule is O=S(=O)(NCCn1cccn1)c1ccc2c(c1)NCC2. The molecule has 106 valence electrons. The summed E-state index contributed by atoms with van der Waals surface area (Å²) in [5, 5.41) is 7.21. The van der Waals surface area contributed by atoms with Crippen molar-refractivity contribution in [2.24, 2.45) is 0 Å². The summed E-state index contributed by atoms with van der Waals surface area (Å²) in [4.78, 5) is 0.297. The van der Waals surface area contributed by atoms with Gasteiger partial charge in [0.15, 0.2) is 0 Å². The van der Waals surface area contributed by atoms with Crippen LogP contribution in [0.4, 0.5) is 5.69 Å². The molecule has 0 saturated heterocycles. The van der Waals surface area contributed by atoms with Gasteiger partial charge in [0.2, 0.25) is 10.0 Å². The molecule has 0 saturated carbocycles. The molecule has 2 heterocycles. The van der Waals surface area contributed by atoms with E-state index in [0.29, 0.717) is 18.0 Å². The van der Waals surface area contributed by atoms with E-state index in [2.05, 4.69) is 15.1 Å². The lowest BCUT2D eigenvalue weighted by atomic mass is 10.2. The van der Waals surface area contributed by atoms with Crippen LogP contribution in [0.15, 0.2) is 41.6 Å². The van der Waals surface area contributed by atoms with Crippen molar-refractivity contribution >= 4 is 15.7 Å². The average molecular weight is 292 g/mol. The van der Waals surface area contributed by atoms with Crippen LogP contribution in [0, 0.1) is 0 Å². The minimum absolute atomic E-state index is 0.297. The van der Waals surface area contributed by atoms with Crippen molar-refractivity contribution in [2.45, 2.75) is 17.9 Å². The number of fused-ring (bicyclic) bond motifs is 1. The third-order valence-corrected chi connectivity index (χ3v) is 4.75. The summed E-state index contributed by atoms with van der Waals surface area (Å²) in [6.07, 6.45) is 4.41. The highest BCUT2D eigenvalue weighted by Gasteiger charge is 2.17. The lowest BCUT2D eigenvalue weighted by Crippen LogP contribution is -2.27. The molecular weight excluding hydrogens is 276 g/mol. The van der Waals surface area contributed by atoms with Gasteiger partial charge in [-0.1, -0.05) is 6.07 Å². The van der Waals surface area contributed by atoms with Crippen LogP contribution in [-0.4, -0.2) is 31.3 Å². The number of rotatable bonds is 5. The number of anilines is 1. The summed E-state index contributed by atoms with van der Waals surface area (Å²) in [5.74, 6) is 0. The van der Waals surface area contributed by atoms with E-state index in [0.717, 1.165) is 18.7 Å². The molecule has 3 rings (SSSR count). The van der Waals surface area contributed by atoms with Gasteiger partial charge in [0, 0.05) is 31.2 Å². The van der Waals surface area contributed by atoms with Crippen LogP contribution >= 0.6 is 0 Å². The first kappa shape index (κ1) is 13.1. The highest BCUT2D eigenvalue weighted by atomic mass is 32.2. The summed E-state index contributed by atoms with van der Waals surface area (Å²) in [6.45, 7) is 1.69. The van der Waals surface area contributed by atoms with Gasteiger partial charge in [0.05, 0.1) is 11.4 Å². The summed E-state index contributed by atoms with van der Waals surface area (Å²) in [5.41, 5.74) is 2.08. The van der Waals surface area contributed by atoms with Gasteiger partial charge < -0.3 is 5.32 Å². The Morgan fingerprint density at radius 1 is 1.40 bits per heavy atom. The Kier molecular flexibility index (Phi) is 3.45. The van der Waals surface area contributed by atoms with Crippen molar-refractivity contribution in [1.82, 2.24) is 14.5 Å². The van der Waals surface area contributed by atoms with Gasteiger partial charge in [-0.25, -0.2) is 13.1 Å². The second-order valence-corrected chi connectivity index (χ2v) is 6.43. The predicted octanol–water partition coefficient (Wildman–Crippen LogP) is 0.830. The maximum absolute atomic E-state index is 12.2. The molecule has 0 radical (unpaired) electrons. The van der Waals surface area contributed by atoms with Gasteiger partial charge >= 0.3 is 0 Å². The zero-order valence-corrected chi connectivity index (χ0v) is 11.7. The summed E-state index contributed by atoms with van der Waals surface area (Å²) in [6, 6.07) is 7.03. The largest absolute Gasteiger partial charge is 0.384 e. The van der Waals surface area contributed by atoms with Gasteiger partial charge in [-0.05, 0) is 30.2 Å². The predicted molar refractivity (Wildman–Crippen MR) is 76.1 cm³/mol. The molecule has 0 fully saturated rings. The average Bonchev–Trinajstić information content (AvgIpc) is 3.08. The van der Waals surface area contributed by atoms with Gasteiger partial charge in [-0.3, -0.25) is 4.68 Å². The molecule has 0 bridgehead atoms. The number of nitrogens with zero attached hydrogens (tertiary/aromatic N) is 2. The van der Waals surface area contributed by atoms with E-state index in [1.165, 1.54) is 5.56 Å². The molecule has 1 aliphatic rings. The minimum atomic E-state index is -3.47. The monoisotopic (exact) mass is 292 g/mol. The molecule has 1 aliphatic heterocycles. The van der Waals surface area contributed by atoms with Crippen molar-refractivity contribution < 1.29 is 8.42 Å². The molecule has 2 N–H and O–H groups in total. The van der Waals surface area contributed by atoms with Crippen molar-refractivity contribution in [3.05, 3.63) is 42.2 Å². The summed E-state index contributed by atoms with van der Waals surface area (Å²) >= 11 is 0. The van der Waals surface area contributed by atoms with Gasteiger partial charge in [0.1, 0.15) is 0 Å². The lowest BCUT2D eigenvalue weighted by Gasteiger charge is -2.08. The zero-order valence-electron chi connectivity index (χ0n) is 10.9. The van der Waals surface area contributed by atoms with Crippen molar-refractivity contribution in [3.8, 4) is 0 Å². The highest BCUT2D eigenvalue weighted by Crippen LogP contribution is 2.25. The number of hydrogen-bond acceptors (Lipinski definition) is 4.